The lowest BCUT2D eigenvalue weighted by atomic mass is 10.2. The van der Waals surface area contributed by atoms with E-state index in [1.807, 2.05) is 0 Å². The first-order chi connectivity index (χ1) is 9.15. The zero-order valence-electron chi connectivity index (χ0n) is 11.2. The summed E-state index contributed by atoms with van der Waals surface area (Å²) in [6, 6.07) is -0.295. The Kier molecular flexibility index (Phi) is 4.98. The summed E-state index contributed by atoms with van der Waals surface area (Å²) < 4.78 is 5.20. The van der Waals surface area contributed by atoms with E-state index in [1.165, 1.54) is 0 Å². The normalized spacial score (nSPS) is 13.1. The van der Waals surface area contributed by atoms with Crippen LogP contribution in [0, 0.1) is 5.92 Å². The van der Waals surface area contributed by atoms with Crippen LogP contribution in [0.1, 0.15) is 37.3 Å². The van der Waals surface area contributed by atoms with Crippen LogP contribution in [0.2, 0.25) is 0 Å². The van der Waals surface area contributed by atoms with E-state index < -0.39 is 0 Å². The van der Waals surface area contributed by atoms with Crippen molar-refractivity contribution >= 4 is 11.8 Å². The summed E-state index contributed by atoms with van der Waals surface area (Å²) in [4.78, 5) is 11.3. The molecule has 0 amide bonds. The molecule has 1 unspecified atom stereocenters. The van der Waals surface area contributed by atoms with Crippen molar-refractivity contribution in [3.63, 3.8) is 0 Å². The van der Waals surface area contributed by atoms with Crippen LogP contribution in [0.25, 0.3) is 0 Å². The topological polar surface area (TPSA) is 93.6 Å². The van der Waals surface area contributed by atoms with Crippen molar-refractivity contribution in [2.24, 2.45) is 11.7 Å². The van der Waals surface area contributed by atoms with Crippen LogP contribution in [0.3, 0.4) is 0 Å². The highest BCUT2D eigenvalue weighted by Gasteiger charge is 2.16. The van der Waals surface area contributed by atoms with Crippen LogP contribution in [-0.4, -0.2) is 25.9 Å². The maximum Gasteiger partial charge on any atom is 0.243 e. The first kappa shape index (κ1) is 14.1. The molecule has 104 valence electrons. The standard InChI is InChI=1S/C12H19N5OS/c1-8(2)5-19-6-11-16-12(18-17-11)10(13)3-9-4-14-7-15-9/h4,7-8,10H,3,5-6,13H2,1-2H3,(H,14,15). The summed E-state index contributed by atoms with van der Waals surface area (Å²) in [5.74, 6) is 3.71. The second kappa shape index (κ2) is 6.72. The predicted octanol–water partition coefficient (Wildman–Crippen LogP) is 1.92. The smallest absolute Gasteiger partial charge is 0.243 e. The van der Waals surface area contributed by atoms with Gasteiger partial charge >= 0.3 is 0 Å². The van der Waals surface area contributed by atoms with Crippen molar-refractivity contribution < 1.29 is 4.52 Å². The van der Waals surface area contributed by atoms with Gasteiger partial charge in [0.15, 0.2) is 5.82 Å². The maximum atomic E-state index is 6.03. The summed E-state index contributed by atoms with van der Waals surface area (Å²) >= 11 is 1.80. The average molecular weight is 281 g/mol. The number of thioether (sulfide) groups is 1. The van der Waals surface area contributed by atoms with E-state index in [9.17, 15) is 0 Å². The third-order valence-electron chi connectivity index (χ3n) is 2.48. The van der Waals surface area contributed by atoms with Crippen molar-refractivity contribution in [1.82, 2.24) is 20.1 Å². The van der Waals surface area contributed by atoms with Gasteiger partial charge in [-0.2, -0.15) is 16.7 Å². The number of aromatic amines is 1. The summed E-state index contributed by atoms with van der Waals surface area (Å²) in [6.45, 7) is 4.38. The van der Waals surface area contributed by atoms with Gasteiger partial charge in [0, 0.05) is 18.3 Å². The highest BCUT2D eigenvalue weighted by atomic mass is 32.2. The molecule has 0 aliphatic rings. The molecule has 7 heteroatoms. The van der Waals surface area contributed by atoms with Crippen LogP contribution >= 0.6 is 11.8 Å². The fourth-order valence-electron chi connectivity index (χ4n) is 1.58. The van der Waals surface area contributed by atoms with E-state index in [-0.39, 0.29) is 6.04 Å². The van der Waals surface area contributed by atoms with Crippen molar-refractivity contribution in [3.05, 3.63) is 29.9 Å². The number of imidazole rings is 1. The van der Waals surface area contributed by atoms with Crippen LogP contribution in [0.15, 0.2) is 17.0 Å². The lowest BCUT2D eigenvalue weighted by Crippen LogP contribution is -2.14. The molecule has 0 aromatic carbocycles. The monoisotopic (exact) mass is 281 g/mol. The number of nitrogens with one attached hydrogen (secondary N) is 1. The molecule has 0 spiro atoms. The van der Waals surface area contributed by atoms with E-state index in [4.69, 9.17) is 10.3 Å². The number of nitrogens with zero attached hydrogens (tertiary/aromatic N) is 3. The Balaban J connectivity index is 1.85. The van der Waals surface area contributed by atoms with Crippen LogP contribution in [0.5, 0.6) is 0 Å². The maximum absolute atomic E-state index is 6.03. The number of hydrogen-bond donors (Lipinski definition) is 2. The van der Waals surface area contributed by atoms with Crippen LogP contribution in [0.4, 0.5) is 0 Å². The van der Waals surface area contributed by atoms with E-state index in [1.54, 1.807) is 24.3 Å². The first-order valence-electron chi connectivity index (χ1n) is 6.28. The third kappa shape index (κ3) is 4.36. The average Bonchev–Trinajstić information content (AvgIpc) is 2.99. The fraction of sp³-hybridized carbons (Fsp3) is 0.583. The molecule has 2 heterocycles. The predicted molar refractivity (Wildman–Crippen MR) is 74.5 cm³/mol. The molecule has 2 rings (SSSR count). The zero-order chi connectivity index (χ0) is 13.7. The molecule has 3 N–H and O–H groups in total. The summed E-state index contributed by atoms with van der Waals surface area (Å²) in [5, 5.41) is 3.95. The molecule has 0 bridgehead atoms. The van der Waals surface area contributed by atoms with Crippen molar-refractivity contribution in [2.45, 2.75) is 32.1 Å². The van der Waals surface area contributed by atoms with Crippen molar-refractivity contribution in [2.75, 3.05) is 5.75 Å². The highest BCUT2D eigenvalue weighted by Crippen LogP contribution is 2.16. The van der Waals surface area contributed by atoms with E-state index in [2.05, 4.69) is 34.0 Å². The number of aromatic nitrogens is 4. The van der Waals surface area contributed by atoms with Gasteiger partial charge in [-0.15, -0.1) is 0 Å². The lowest BCUT2D eigenvalue weighted by Gasteiger charge is -2.03. The first-order valence-corrected chi connectivity index (χ1v) is 7.43. The molecule has 2 aromatic heterocycles. The lowest BCUT2D eigenvalue weighted by molar-refractivity contribution is 0.350. The quantitative estimate of drug-likeness (QED) is 0.805. The van der Waals surface area contributed by atoms with Crippen LogP contribution in [-0.2, 0) is 12.2 Å². The van der Waals surface area contributed by atoms with Gasteiger partial charge in [-0.05, 0) is 11.7 Å². The number of nitrogens with two attached hydrogens (primary N) is 1. The third-order valence-corrected chi connectivity index (χ3v) is 3.84. The SMILES string of the molecule is CC(C)CSCc1noc(C(N)Cc2cnc[nH]2)n1. The largest absolute Gasteiger partial charge is 0.348 e. The number of H-pyrrole nitrogens is 1. The molecular weight excluding hydrogens is 262 g/mol. The summed E-state index contributed by atoms with van der Waals surface area (Å²) in [5.41, 5.74) is 6.99. The van der Waals surface area contributed by atoms with Gasteiger partial charge in [0.05, 0.1) is 18.1 Å². The summed E-state index contributed by atoms with van der Waals surface area (Å²) in [6.07, 6.45) is 3.99. The van der Waals surface area contributed by atoms with Gasteiger partial charge in [0.25, 0.3) is 0 Å². The number of hydrogen-bond acceptors (Lipinski definition) is 6. The highest BCUT2D eigenvalue weighted by molar-refractivity contribution is 7.98. The second-order valence-corrected chi connectivity index (χ2v) is 5.88. The molecule has 0 saturated carbocycles. The Bertz CT molecular complexity index is 482. The minimum Gasteiger partial charge on any atom is -0.348 e. The number of rotatable bonds is 7. The molecule has 0 aliphatic heterocycles. The van der Waals surface area contributed by atoms with Gasteiger partial charge < -0.3 is 15.2 Å². The van der Waals surface area contributed by atoms with Crippen molar-refractivity contribution in [1.29, 1.82) is 0 Å². The minimum atomic E-state index is -0.295. The fourth-order valence-corrected chi connectivity index (χ4v) is 2.47. The second-order valence-electron chi connectivity index (χ2n) is 4.85. The van der Waals surface area contributed by atoms with Crippen LogP contribution < -0.4 is 5.73 Å². The molecule has 6 nitrogen and oxygen atoms in total. The Hall–Kier alpha value is -1.34. The Morgan fingerprint density at radius 3 is 3.00 bits per heavy atom. The molecule has 0 saturated heterocycles. The van der Waals surface area contributed by atoms with Crippen molar-refractivity contribution in [3.8, 4) is 0 Å². The van der Waals surface area contributed by atoms with Gasteiger partial charge in [0.1, 0.15) is 0 Å². The molecule has 19 heavy (non-hydrogen) atoms. The Morgan fingerprint density at radius 1 is 1.47 bits per heavy atom. The minimum absolute atomic E-state index is 0.295. The van der Waals surface area contributed by atoms with Gasteiger partial charge in [-0.3, -0.25) is 0 Å². The zero-order valence-corrected chi connectivity index (χ0v) is 12.0. The van der Waals surface area contributed by atoms with E-state index in [0.29, 0.717) is 24.1 Å². The molecular formula is C12H19N5OS. The van der Waals surface area contributed by atoms with Gasteiger partial charge in [0.2, 0.25) is 5.89 Å². The van der Waals surface area contributed by atoms with Gasteiger partial charge in [-0.1, -0.05) is 19.0 Å². The molecule has 0 fully saturated rings. The Morgan fingerprint density at radius 2 is 2.32 bits per heavy atom. The molecule has 0 radical (unpaired) electrons. The molecule has 1 atom stereocenters. The summed E-state index contributed by atoms with van der Waals surface area (Å²) in [7, 11) is 0. The van der Waals surface area contributed by atoms with Gasteiger partial charge in [-0.25, -0.2) is 4.98 Å². The molecule has 0 aliphatic carbocycles. The Labute approximate surface area is 116 Å². The van der Waals surface area contributed by atoms with E-state index in [0.717, 1.165) is 17.2 Å². The van der Waals surface area contributed by atoms with E-state index >= 15 is 0 Å². The molecule has 2 aromatic rings.